The topological polar surface area (TPSA) is 63.6 Å². The summed E-state index contributed by atoms with van der Waals surface area (Å²) >= 11 is 0. The highest BCUT2D eigenvalue weighted by atomic mass is 16.5. The van der Waals surface area contributed by atoms with Crippen LogP contribution in [0.2, 0.25) is 0 Å². The summed E-state index contributed by atoms with van der Waals surface area (Å²) in [5, 5.41) is 9.24. The summed E-state index contributed by atoms with van der Waals surface area (Å²) in [4.78, 5) is 23.8. The summed E-state index contributed by atoms with van der Waals surface area (Å²) in [6, 6.07) is 16.2. The van der Waals surface area contributed by atoms with E-state index >= 15 is 0 Å². The molecule has 4 heteroatoms. The highest BCUT2D eigenvalue weighted by Gasteiger charge is 2.30. The molecule has 1 aliphatic rings. The summed E-state index contributed by atoms with van der Waals surface area (Å²) in [6.07, 6.45) is 3.69. The molecule has 24 heavy (non-hydrogen) atoms. The Kier molecular flexibility index (Phi) is 4.94. The third-order valence-corrected chi connectivity index (χ3v) is 4.57. The molecule has 0 saturated heterocycles. The van der Waals surface area contributed by atoms with Crippen molar-refractivity contribution in [1.29, 1.82) is 0 Å². The maximum absolute atomic E-state index is 12.5. The monoisotopic (exact) mass is 324 g/mol. The lowest BCUT2D eigenvalue weighted by Crippen LogP contribution is -2.29. The largest absolute Gasteiger partial charge is 0.478 e. The lowest BCUT2D eigenvalue weighted by atomic mass is 9.81. The first-order valence-electron chi connectivity index (χ1n) is 8.25. The van der Waals surface area contributed by atoms with Gasteiger partial charge in [-0.3, -0.25) is 0 Å². The van der Waals surface area contributed by atoms with E-state index in [4.69, 9.17) is 4.74 Å². The highest BCUT2D eigenvalue weighted by Crippen LogP contribution is 2.35. The van der Waals surface area contributed by atoms with Crippen molar-refractivity contribution in [3.05, 3.63) is 71.3 Å². The Morgan fingerprint density at radius 3 is 2.21 bits per heavy atom. The van der Waals surface area contributed by atoms with Crippen molar-refractivity contribution >= 4 is 11.9 Å². The van der Waals surface area contributed by atoms with E-state index in [0.717, 1.165) is 25.7 Å². The first-order chi connectivity index (χ1) is 11.7. The smallest absolute Gasteiger partial charge is 0.339 e. The van der Waals surface area contributed by atoms with Gasteiger partial charge in [0.25, 0.3) is 0 Å². The van der Waals surface area contributed by atoms with Gasteiger partial charge in [0.2, 0.25) is 0 Å². The molecule has 0 heterocycles. The van der Waals surface area contributed by atoms with Crippen molar-refractivity contribution in [2.45, 2.75) is 37.7 Å². The van der Waals surface area contributed by atoms with E-state index in [1.165, 1.54) is 17.7 Å². The zero-order valence-electron chi connectivity index (χ0n) is 13.4. The molecule has 0 aromatic heterocycles. The quantitative estimate of drug-likeness (QED) is 0.853. The Labute approximate surface area is 141 Å². The number of esters is 1. The number of aromatic carboxylic acids is 1. The second kappa shape index (κ2) is 7.30. The zero-order chi connectivity index (χ0) is 16.9. The van der Waals surface area contributed by atoms with Crippen molar-refractivity contribution in [1.82, 2.24) is 0 Å². The van der Waals surface area contributed by atoms with Crippen molar-refractivity contribution < 1.29 is 19.4 Å². The molecular weight excluding hydrogens is 304 g/mol. The SMILES string of the molecule is O=C(O)c1ccccc1C(=O)O[C@@H]1CCCCC1c1ccccc1. The van der Waals surface area contributed by atoms with Crippen molar-refractivity contribution in [2.75, 3.05) is 0 Å². The molecule has 0 spiro atoms. The molecule has 1 aliphatic carbocycles. The summed E-state index contributed by atoms with van der Waals surface area (Å²) < 4.78 is 5.73. The van der Waals surface area contributed by atoms with Gasteiger partial charge in [0.1, 0.15) is 6.10 Å². The highest BCUT2D eigenvalue weighted by molar-refractivity contribution is 6.02. The molecule has 1 N–H and O–H groups in total. The molecule has 1 unspecified atom stereocenters. The third-order valence-electron chi connectivity index (χ3n) is 4.57. The molecule has 0 amide bonds. The molecule has 0 radical (unpaired) electrons. The molecule has 1 fully saturated rings. The second-order valence-corrected chi connectivity index (χ2v) is 6.10. The first kappa shape index (κ1) is 16.2. The van der Waals surface area contributed by atoms with E-state index in [2.05, 4.69) is 12.1 Å². The molecule has 1 saturated carbocycles. The average molecular weight is 324 g/mol. The Balaban J connectivity index is 1.81. The van der Waals surface area contributed by atoms with Crippen LogP contribution in [0.5, 0.6) is 0 Å². The molecule has 0 bridgehead atoms. The van der Waals surface area contributed by atoms with E-state index in [-0.39, 0.29) is 23.1 Å². The van der Waals surface area contributed by atoms with Crippen LogP contribution in [0.25, 0.3) is 0 Å². The second-order valence-electron chi connectivity index (χ2n) is 6.10. The minimum Gasteiger partial charge on any atom is -0.478 e. The Bertz CT molecular complexity index is 723. The van der Waals surface area contributed by atoms with Gasteiger partial charge in [-0.1, -0.05) is 48.9 Å². The van der Waals surface area contributed by atoms with Gasteiger partial charge in [0.05, 0.1) is 11.1 Å². The number of carbonyl (C=O) groups is 2. The van der Waals surface area contributed by atoms with Crippen molar-refractivity contribution in [3.63, 3.8) is 0 Å². The van der Waals surface area contributed by atoms with E-state index in [0.29, 0.717) is 0 Å². The fourth-order valence-electron chi connectivity index (χ4n) is 3.37. The fraction of sp³-hybridized carbons (Fsp3) is 0.300. The number of carbonyl (C=O) groups excluding carboxylic acids is 1. The lowest BCUT2D eigenvalue weighted by Gasteiger charge is -2.31. The molecule has 124 valence electrons. The molecule has 2 aromatic rings. The van der Waals surface area contributed by atoms with Crippen LogP contribution >= 0.6 is 0 Å². The maximum atomic E-state index is 12.5. The first-order valence-corrected chi connectivity index (χ1v) is 8.25. The van der Waals surface area contributed by atoms with Gasteiger partial charge in [0.15, 0.2) is 0 Å². The standard InChI is InChI=1S/C20H20O4/c21-19(22)16-11-4-5-12-17(16)20(23)24-18-13-7-6-10-15(18)14-8-2-1-3-9-14/h1-5,8-9,11-12,15,18H,6-7,10,13H2,(H,21,22)/t15?,18-/m1/s1. The van der Waals surface area contributed by atoms with Crippen LogP contribution in [-0.2, 0) is 4.74 Å². The fourth-order valence-corrected chi connectivity index (χ4v) is 3.37. The molecule has 2 aromatic carbocycles. The third kappa shape index (κ3) is 3.48. The van der Waals surface area contributed by atoms with Gasteiger partial charge in [-0.05, 0) is 37.0 Å². The van der Waals surface area contributed by atoms with Crippen LogP contribution in [0.4, 0.5) is 0 Å². The van der Waals surface area contributed by atoms with Gasteiger partial charge in [-0.15, -0.1) is 0 Å². The van der Waals surface area contributed by atoms with Gasteiger partial charge < -0.3 is 9.84 Å². The number of carboxylic acids is 1. The van der Waals surface area contributed by atoms with Crippen LogP contribution in [0.15, 0.2) is 54.6 Å². The number of ether oxygens (including phenoxy) is 1. The zero-order valence-corrected chi connectivity index (χ0v) is 13.4. The average Bonchev–Trinajstić information content (AvgIpc) is 2.63. The predicted molar refractivity (Wildman–Crippen MR) is 90.3 cm³/mol. The van der Waals surface area contributed by atoms with Crippen LogP contribution < -0.4 is 0 Å². The molecule has 0 aliphatic heterocycles. The number of benzene rings is 2. The summed E-state index contributed by atoms with van der Waals surface area (Å²) in [5.74, 6) is -1.51. The van der Waals surface area contributed by atoms with Gasteiger partial charge in [-0.25, -0.2) is 9.59 Å². The molecule has 4 nitrogen and oxygen atoms in total. The van der Waals surface area contributed by atoms with Gasteiger partial charge >= 0.3 is 11.9 Å². The number of hydrogen-bond acceptors (Lipinski definition) is 3. The van der Waals surface area contributed by atoms with Gasteiger partial charge in [-0.2, -0.15) is 0 Å². The van der Waals surface area contributed by atoms with Crippen LogP contribution in [0.1, 0.15) is 57.9 Å². The summed E-state index contributed by atoms with van der Waals surface area (Å²) in [7, 11) is 0. The van der Waals surface area contributed by atoms with Crippen LogP contribution in [-0.4, -0.2) is 23.1 Å². The molecule has 2 atom stereocenters. The van der Waals surface area contributed by atoms with E-state index in [9.17, 15) is 14.7 Å². The van der Waals surface area contributed by atoms with Crippen LogP contribution in [0.3, 0.4) is 0 Å². The van der Waals surface area contributed by atoms with Crippen molar-refractivity contribution in [3.8, 4) is 0 Å². The summed E-state index contributed by atoms with van der Waals surface area (Å²) in [5.41, 5.74) is 1.26. The normalized spacial score (nSPS) is 20.3. The number of rotatable bonds is 4. The van der Waals surface area contributed by atoms with E-state index in [1.54, 1.807) is 12.1 Å². The number of hydrogen-bond donors (Lipinski definition) is 1. The van der Waals surface area contributed by atoms with Gasteiger partial charge in [0, 0.05) is 5.92 Å². The Hall–Kier alpha value is -2.62. The maximum Gasteiger partial charge on any atom is 0.339 e. The molecule has 3 rings (SSSR count). The predicted octanol–water partition coefficient (Wildman–Crippen LogP) is 4.27. The molecular formula is C20H20O4. The minimum absolute atomic E-state index is 0.0189. The van der Waals surface area contributed by atoms with E-state index < -0.39 is 11.9 Å². The van der Waals surface area contributed by atoms with E-state index in [1.807, 2.05) is 18.2 Å². The Morgan fingerprint density at radius 1 is 0.875 bits per heavy atom. The minimum atomic E-state index is -1.12. The number of carboxylic acid groups (broad SMARTS) is 1. The van der Waals surface area contributed by atoms with Crippen LogP contribution in [0, 0.1) is 0 Å². The lowest BCUT2D eigenvalue weighted by molar-refractivity contribution is 0.0138. The summed E-state index contributed by atoms with van der Waals surface area (Å²) in [6.45, 7) is 0. The van der Waals surface area contributed by atoms with Crippen molar-refractivity contribution in [2.24, 2.45) is 0 Å². The Morgan fingerprint density at radius 2 is 1.50 bits per heavy atom.